The molecule has 0 amide bonds. The van der Waals surface area contributed by atoms with Crippen molar-refractivity contribution in [2.45, 2.75) is 39.3 Å². The Morgan fingerprint density at radius 3 is 2.45 bits per heavy atom. The number of halogens is 1. The summed E-state index contributed by atoms with van der Waals surface area (Å²) >= 11 is 3.48. The molecule has 0 aliphatic heterocycles. The van der Waals surface area contributed by atoms with Crippen LogP contribution in [0.2, 0.25) is 0 Å². The Labute approximate surface area is 131 Å². The highest BCUT2D eigenvalue weighted by Crippen LogP contribution is 2.33. The molecule has 0 bridgehead atoms. The fourth-order valence-electron chi connectivity index (χ4n) is 3.61. The van der Waals surface area contributed by atoms with Crippen molar-refractivity contribution in [1.29, 1.82) is 0 Å². The zero-order valence-electron chi connectivity index (χ0n) is 12.8. The topological polar surface area (TPSA) is 29.3 Å². The second-order valence-electron chi connectivity index (χ2n) is 6.70. The average molecular weight is 339 g/mol. The summed E-state index contributed by atoms with van der Waals surface area (Å²) in [6.45, 7) is 6.80. The van der Waals surface area contributed by atoms with Crippen LogP contribution in [0.4, 0.5) is 0 Å². The van der Waals surface area contributed by atoms with Crippen LogP contribution in [0.25, 0.3) is 0 Å². The van der Waals surface area contributed by atoms with Gasteiger partial charge in [0.15, 0.2) is 0 Å². The quantitative estimate of drug-likeness (QED) is 0.902. The van der Waals surface area contributed by atoms with Gasteiger partial charge in [0.2, 0.25) is 0 Å². The number of hydrogen-bond donors (Lipinski definition) is 1. The first-order valence-corrected chi connectivity index (χ1v) is 8.43. The van der Waals surface area contributed by atoms with E-state index in [9.17, 15) is 0 Å². The lowest BCUT2D eigenvalue weighted by molar-refractivity contribution is 0.127. The first-order valence-electron chi connectivity index (χ1n) is 7.64. The van der Waals surface area contributed by atoms with Crippen molar-refractivity contribution in [3.8, 4) is 0 Å². The van der Waals surface area contributed by atoms with Crippen molar-refractivity contribution >= 4 is 15.9 Å². The monoisotopic (exact) mass is 338 g/mol. The molecular weight excluding hydrogens is 312 g/mol. The summed E-state index contributed by atoms with van der Waals surface area (Å²) in [6, 6.07) is 8.96. The van der Waals surface area contributed by atoms with Crippen LogP contribution in [0, 0.1) is 17.8 Å². The molecule has 3 heteroatoms. The van der Waals surface area contributed by atoms with Crippen molar-refractivity contribution in [2.75, 3.05) is 13.6 Å². The lowest BCUT2D eigenvalue weighted by Gasteiger charge is -2.39. The molecule has 1 aliphatic rings. The van der Waals surface area contributed by atoms with Crippen LogP contribution in [0.1, 0.15) is 32.3 Å². The molecule has 1 aromatic carbocycles. The number of hydrogen-bond acceptors (Lipinski definition) is 2. The van der Waals surface area contributed by atoms with Crippen molar-refractivity contribution in [3.05, 3.63) is 34.3 Å². The maximum absolute atomic E-state index is 6.39. The summed E-state index contributed by atoms with van der Waals surface area (Å²) in [4.78, 5) is 2.42. The maximum atomic E-state index is 6.39. The van der Waals surface area contributed by atoms with Gasteiger partial charge in [0.05, 0.1) is 0 Å². The Hall–Kier alpha value is -0.380. The molecule has 112 valence electrons. The summed E-state index contributed by atoms with van der Waals surface area (Å²) in [7, 11) is 2.21. The van der Waals surface area contributed by atoms with Crippen LogP contribution >= 0.6 is 15.9 Å². The Balaban J connectivity index is 1.90. The molecule has 2 nitrogen and oxygen atoms in total. The van der Waals surface area contributed by atoms with E-state index in [2.05, 4.69) is 66.0 Å². The summed E-state index contributed by atoms with van der Waals surface area (Å²) in [5.41, 5.74) is 7.75. The van der Waals surface area contributed by atoms with E-state index in [1.807, 2.05) is 0 Å². The number of rotatable bonds is 4. The molecule has 0 radical (unpaired) electrons. The molecule has 1 aliphatic carbocycles. The van der Waals surface area contributed by atoms with Gasteiger partial charge >= 0.3 is 0 Å². The van der Waals surface area contributed by atoms with Crippen LogP contribution in [0.15, 0.2) is 28.7 Å². The van der Waals surface area contributed by atoms with Gasteiger partial charge in [0.1, 0.15) is 0 Å². The molecule has 0 aromatic heterocycles. The van der Waals surface area contributed by atoms with Gasteiger partial charge in [0.25, 0.3) is 0 Å². The van der Waals surface area contributed by atoms with Gasteiger partial charge in [-0.3, -0.25) is 0 Å². The maximum Gasteiger partial charge on any atom is 0.0230 e. The summed E-state index contributed by atoms with van der Waals surface area (Å²) in [5.74, 6) is 2.15. The van der Waals surface area contributed by atoms with E-state index in [4.69, 9.17) is 5.73 Å². The Morgan fingerprint density at radius 1 is 1.20 bits per heavy atom. The van der Waals surface area contributed by atoms with E-state index in [0.29, 0.717) is 12.0 Å². The van der Waals surface area contributed by atoms with Gasteiger partial charge in [-0.15, -0.1) is 0 Å². The summed E-state index contributed by atoms with van der Waals surface area (Å²) < 4.78 is 1.14. The Morgan fingerprint density at radius 2 is 1.85 bits per heavy atom. The van der Waals surface area contributed by atoms with Crippen LogP contribution < -0.4 is 5.73 Å². The normalized spacial score (nSPS) is 30.7. The highest BCUT2D eigenvalue weighted by Gasteiger charge is 2.32. The molecule has 1 fully saturated rings. The first kappa shape index (κ1) is 16.0. The molecule has 1 aromatic rings. The fourth-order valence-corrected chi connectivity index (χ4v) is 3.87. The van der Waals surface area contributed by atoms with Gasteiger partial charge in [0, 0.05) is 23.6 Å². The smallest absolute Gasteiger partial charge is 0.0230 e. The highest BCUT2D eigenvalue weighted by molar-refractivity contribution is 9.10. The van der Waals surface area contributed by atoms with Crippen LogP contribution in [0.5, 0.6) is 0 Å². The third-order valence-electron chi connectivity index (χ3n) is 4.62. The molecule has 0 saturated heterocycles. The molecule has 4 atom stereocenters. The van der Waals surface area contributed by atoms with Crippen LogP contribution in [-0.4, -0.2) is 24.5 Å². The van der Waals surface area contributed by atoms with Gasteiger partial charge in [-0.25, -0.2) is 0 Å². The zero-order chi connectivity index (χ0) is 14.7. The first-order chi connectivity index (χ1) is 9.45. The minimum atomic E-state index is 0.362. The standard InChI is InChI=1S/C17H27BrN2/c1-12-8-13(2)16(17(19)9-12)11-20(3)10-14-4-6-15(18)7-5-14/h4-7,12-13,16-17H,8-11,19H2,1-3H3. The van der Waals surface area contributed by atoms with E-state index in [1.54, 1.807) is 0 Å². The van der Waals surface area contributed by atoms with Gasteiger partial charge in [-0.05, 0) is 55.3 Å². The van der Waals surface area contributed by atoms with Crippen molar-refractivity contribution in [3.63, 3.8) is 0 Å². The second kappa shape index (κ2) is 7.06. The minimum Gasteiger partial charge on any atom is -0.327 e. The molecule has 1 saturated carbocycles. The summed E-state index contributed by atoms with van der Waals surface area (Å²) in [5, 5.41) is 0. The van der Waals surface area contributed by atoms with E-state index in [0.717, 1.165) is 29.4 Å². The molecule has 0 heterocycles. The minimum absolute atomic E-state index is 0.362. The average Bonchev–Trinajstić information content (AvgIpc) is 2.36. The predicted molar refractivity (Wildman–Crippen MR) is 89.5 cm³/mol. The van der Waals surface area contributed by atoms with Crippen molar-refractivity contribution in [2.24, 2.45) is 23.5 Å². The van der Waals surface area contributed by atoms with Gasteiger partial charge < -0.3 is 10.6 Å². The molecule has 20 heavy (non-hydrogen) atoms. The Bertz CT molecular complexity index is 406. The molecule has 2 rings (SSSR count). The second-order valence-corrected chi connectivity index (χ2v) is 7.62. The van der Waals surface area contributed by atoms with Gasteiger partial charge in [-0.1, -0.05) is 41.9 Å². The third-order valence-corrected chi connectivity index (χ3v) is 5.15. The fraction of sp³-hybridized carbons (Fsp3) is 0.647. The predicted octanol–water partition coefficient (Wildman–Crippen LogP) is 3.89. The SMILES string of the molecule is CC1CC(C)C(CN(C)Cc2ccc(Br)cc2)C(N)C1. The van der Waals surface area contributed by atoms with E-state index >= 15 is 0 Å². The molecule has 4 unspecified atom stereocenters. The van der Waals surface area contributed by atoms with E-state index in [-0.39, 0.29) is 0 Å². The van der Waals surface area contributed by atoms with E-state index < -0.39 is 0 Å². The number of nitrogens with zero attached hydrogens (tertiary/aromatic N) is 1. The van der Waals surface area contributed by atoms with Crippen LogP contribution in [-0.2, 0) is 6.54 Å². The van der Waals surface area contributed by atoms with Crippen LogP contribution in [0.3, 0.4) is 0 Å². The third kappa shape index (κ3) is 4.31. The molecular formula is C17H27BrN2. The summed E-state index contributed by atoms with van der Waals surface area (Å²) in [6.07, 6.45) is 2.51. The lowest BCUT2D eigenvalue weighted by Crippen LogP contribution is -2.45. The highest BCUT2D eigenvalue weighted by atomic mass is 79.9. The zero-order valence-corrected chi connectivity index (χ0v) is 14.4. The number of benzene rings is 1. The molecule has 2 N–H and O–H groups in total. The van der Waals surface area contributed by atoms with Crippen molar-refractivity contribution < 1.29 is 0 Å². The largest absolute Gasteiger partial charge is 0.327 e. The number of nitrogens with two attached hydrogens (primary N) is 1. The Kier molecular flexibility index (Phi) is 5.65. The molecule has 0 spiro atoms. The van der Waals surface area contributed by atoms with E-state index in [1.165, 1.54) is 18.4 Å². The lowest BCUT2D eigenvalue weighted by atomic mass is 9.72. The van der Waals surface area contributed by atoms with Crippen molar-refractivity contribution in [1.82, 2.24) is 4.90 Å². The van der Waals surface area contributed by atoms with Gasteiger partial charge in [-0.2, -0.15) is 0 Å².